The summed E-state index contributed by atoms with van der Waals surface area (Å²) in [4.78, 5) is 13.8. The summed E-state index contributed by atoms with van der Waals surface area (Å²) in [6.07, 6.45) is 3.51. The minimum atomic E-state index is -0.670. The third-order valence-corrected chi connectivity index (χ3v) is 5.19. The van der Waals surface area contributed by atoms with Gasteiger partial charge in [-0.25, -0.2) is 4.39 Å². The number of hydrogen-bond acceptors (Lipinski definition) is 3. The van der Waals surface area contributed by atoms with Gasteiger partial charge in [-0.2, -0.15) is 5.26 Å². The second-order valence-electron chi connectivity index (χ2n) is 5.91. The first-order valence-corrected chi connectivity index (χ1v) is 6.97. The molecule has 0 N–H and O–H groups in total. The summed E-state index contributed by atoms with van der Waals surface area (Å²) < 4.78 is 13.1. The van der Waals surface area contributed by atoms with Gasteiger partial charge >= 0.3 is 0 Å². The number of piperidine rings is 1. The Hall–Kier alpha value is -1.73. The van der Waals surface area contributed by atoms with Crippen LogP contribution in [0.5, 0.6) is 0 Å². The van der Waals surface area contributed by atoms with Crippen molar-refractivity contribution in [2.45, 2.75) is 36.8 Å². The van der Waals surface area contributed by atoms with Crippen LogP contribution >= 0.6 is 0 Å². The van der Waals surface area contributed by atoms with E-state index in [0.29, 0.717) is 6.04 Å². The summed E-state index contributed by atoms with van der Waals surface area (Å²) in [7, 11) is 1.94. The predicted molar refractivity (Wildman–Crippen MR) is 72.4 cm³/mol. The van der Waals surface area contributed by atoms with Crippen molar-refractivity contribution in [3.63, 3.8) is 0 Å². The van der Waals surface area contributed by atoms with Crippen LogP contribution in [0.1, 0.15) is 30.7 Å². The van der Waals surface area contributed by atoms with E-state index in [4.69, 9.17) is 0 Å². The first-order chi connectivity index (χ1) is 9.62. The summed E-state index contributed by atoms with van der Waals surface area (Å²) in [5, 5.41) is 9.60. The molecule has 4 heteroatoms. The molecular weight excluding hydrogens is 255 g/mol. The van der Waals surface area contributed by atoms with E-state index in [2.05, 4.69) is 11.0 Å². The highest BCUT2D eigenvalue weighted by molar-refractivity contribution is 5.68. The Balaban J connectivity index is 2.03. The van der Waals surface area contributed by atoms with Gasteiger partial charge in [0.05, 0.1) is 17.5 Å². The lowest BCUT2D eigenvalue weighted by atomic mass is 9.70. The lowest BCUT2D eigenvalue weighted by Gasteiger charge is -2.46. The van der Waals surface area contributed by atoms with E-state index < -0.39 is 5.54 Å². The van der Waals surface area contributed by atoms with Crippen molar-refractivity contribution in [3.8, 4) is 6.07 Å². The van der Waals surface area contributed by atoms with Crippen LogP contribution in [0, 0.1) is 23.1 Å². The van der Waals surface area contributed by atoms with Crippen molar-refractivity contribution >= 4 is 6.29 Å². The van der Waals surface area contributed by atoms with Crippen LogP contribution in [0.4, 0.5) is 4.39 Å². The van der Waals surface area contributed by atoms with Crippen molar-refractivity contribution in [2.24, 2.45) is 5.92 Å². The van der Waals surface area contributed by atoms with Gasteiger partial charge in [0.2, 0.25) is 0 Å². The van der Waals surface area contributed by atoms with E-state index in [1.807, 2.05) is 7.05 Å². The fraction of sp³-hybridized carbons (Fsp3) is 0.500. The van der Waals surface area contributed by atoms with Crippen molar-refractivity contribution in [2.75, 3.05) is 7.05 Å². The van der Waals surface area contributed by atoms with Crippen LogP contribution in [0.25, 0.3) is 0 Å². The Kier molecular flexibility index (Phi) is 3.10. The lowest BCUT2D eigenvalue weighted by molar-refractivity contribution is -0.121. The molecule has 1 aromatic carbocycles. The highest BCUT2D eigenvalue weighted by Crippen LogP contribution is 2.51. The second kappa shape index (κ2) is 4.68. The Morgan fingerprint density at radius 3 is 2.75 bits per heavy atom. The van der Waals surface area contributed by atoms with Crippen molar-refractivity contribution in [3.05, 3.63) is 35.6 Å². The van der Waals surface area contributed by atoms with Crippen molar-refractivity contribution < 1.29 is 9.18 Å². The van der Waals surface area contributed by atoms with Crippen LogP contribution in [-0.4, -0.2) is 29.8 Å². The van der Waals surface area contributed by atoms with E-state index in [0.717, 1.165) is 31.1 Å². The maximum atomic E-state index is 13.1. The third kappa shape index (κ3) is 1.70. The number of fused-ring (bicyclic) bond motifs is 2. The zero-order chi connectivity index (χ0) is 14.3. The summed E-state index contributed by atoms with van der Waals surface area (Å²) in [5.74, 6) is -0.632. The SMILES string of the molecule is CN1C2CCC1(C=O)C(C#N)C(c1ccc(F)cc1)C2. The molecule has 4 atom stereocenters. The molecule has 0 amide bonds. The molecule has 0 radical (unpaired) electrons. The fourth-order valence-corrected chi connectivity index (χ4v) is 3.99. The first-order valence-electron chi connectivity index (χ1n) is 6.97. The zero-order valence-electron chi connectivity index (χ0n) is 11.4. The number of halogens is 1. The van der Waals surface area contributed by atoms with E-state index >= 15 is 0 Å². The largest absolute Gasteiger partial charge is 0.301 e. The first kappa shape index (κ1) is 13.3. The molecule has 20 heavy (non-hydrogen) atoms. The summed E-state index contributed by atoms with van der Waals surface area (Å²) in [6, 6.07) is 9.03. The number of nitrogens with zero attached hydrogens (tertiary/aromatic N) is 2. The van der Waals surface area contributed by atoms with Crippen LogP contribution < -0.4 is 0 Å². The Morgan fingerprint density at radius 1 is 1.45 bits per heavy atom. The predicted octanol–water partition coefficient (Wildman–Crippen LogP) is 2.48. The molecule has 1 aromatic rings. The minimum absolute atomic E-state index is 0.00880. The van der Waals surface area contributed by atoms with E-state index in [9.17, 15) is 14.4 Å². The van der Waals surface area contributed by atoms with Gasteiger partial charge < -0.3 is 4.79 Å². The number of nitriles is 1. The Morgan fingerprint density at radius 2 is 2.15 bits per heavy atom. The molecular formula is C16H17FN2O. The Labute approximate surface area is 118 Å². The number of hydrogen-bond donors (Lipinski definition) is 0. The van der Waals surface area contributed by atoms with Gasteiger partial charge in [-0.3, -0.25) is 4.90 Å². The number of carbonyl (C=O) groups is 1. The number of rotatable bonds is 2. The highest BCUT2D eigenvalue weighted by Gasteiger charge is 2.57. The van der Waals surface area contributed by atoms with Crippen LogP contribution in [0.2, 0.25) is 0 Å². The normalized spacial score (nSPS) is 36.5. The molecule has 2 heterocycles. The summed E-state index contributed by atoms with van der Waals surface area (Å²) in [5.41, 5.74) is 0.292. The van der Waals surface area contributed by atoms with Crippen molar-refractivity contribution in [1.82, 2.24) is 4.90 Å². The standard InChI is InChI=1S/C16H17FN2O/c1-19-13-6-7-16(19,10-20)15(9-18)14(8-13)11-2-4-12(17)5-3-11/h2-5,10,13-15H,6-8H2,1H3. The molecule has 2 aliphatic rings. The summed E-state index contributed by atoms with van der Waals surface area (Å²) >= 11 is 0. The molecule has 3 nitrogen and oxygen atoms in total. The van der Waals surface area contributed by atoms with Crippen LogP contribution in [-0.2, 0) is 4.79 Å². The van der Waals surface area contributed by atoms with Gasteiger partial charge in [0, 0.05) is 12.0 Å². The maximum Gasteiger partial charge on any atom is 0.141 e. The van der Waals surface area contributed by atoms with Crippen LogP contribution in [0.3, 0.4) is 0 Å². The van der Waals surface area contributed by atoms with E-state index in [-0.39, 0.29) is 17.7 Å². The maximum absolute atomic E-state index is 13.1. The number of aldehydes is 1. The molecule has 2 aliphatic heterocycles. The quantitative estimate of drug-likeness (QED) is 0.777. The molecule has 0 aliphatic carbocycles. The van der Waals surface area contributed by atoms with Gasteiger partial charge in [0.25, 0.3) is 0 Å². The van der Waals surface area contributed by atoms with E-state index in [1.54, 1.807) is 12.1 Å². The smallest absolute Gasteiger partial charge is 0.141 e. The minimum Gasteiger partial charge on any atom is -0.301 e. The Bertz CT molecular complexity index is 565. The zero-order valence-corrected chi connectivity index (χ0v) is 11.4. The lowest BCUT2D eigenvalue weighted by Crippen LogP contribution is -2.57. The topological polar surface area (TPSA) is 44.1 Å². The molecule has 4 unspecified atom stereocenters. The van der Waals surface area contributed by atoms with E-state index in [1.165, 1.54) is 12.1 Å². The molecule has 3 rings (SSSR count). The molecule has 104 valence electrons. The molecule has 0 spiro atoms. The second-order valence-corrected chi connectivity index (χ2v) is 5.91. The number of benzene rings is 1. The number of likely N-dealkylation sites (N-methyl/N-ethyl adjacent to an activating group) is 1. The van der Waals surface area contributed by atoms with Crippen molar-refractivity contribution in [1.29, 1.82) is 5.26 Å². The fourth-order valence-electron chi connectivity index (χ4n) is 3.99. The molecule has 0 aromatic heterocycles. The molecule has 2 fully saturated rings. The third-order valence-electron chi connectivity index (χ3n) is 5.19. The number of carbonyl (C=O) groups excluding carboxylic acids is 1. The van der Waals surface area contributed by atoms with Gasteiger partial charge in [-0.15, -0.1) is 0 Å². The average molecular weight is 272 g/mol. The average Bonchev–Trinajstić information content (AvgIpc) is 2.69. The van der Waals surface area contributed by atoms with Gasteiger partial charge in [-0.1, -0.05) is 12.1 Å². The molecule has 2 bridgehead atoms. The van der Waals surface area contributed by atoms with Crippen LogP contribution in [0.15, 0.2) is 24.3 Å². The summed E-state index contributed by atoms with van der Waals surface area (Å²) in [6.45, 7) is 0. The molecule has 2 saturated heterocycles. The monoisotopic (exact) mass is 272 g/mol. The van der Waals surface area contributed by atoms with Gasteiger partial charge in [-0.05, 0) is 44.0 Å². The highest BCUT2D eigenvalue weighted by atomic mass is 19.1. The molecule has 0 saturated carbocycles. The van der Waals surface area contributed by atoms with Gasteiger partial charge in [0.1, 0.15) is 12.1 Å². The van der Waals surface area contributed by atoms with Gasteiger partial charge in [0.15, 0.2) is 0 Å².